The van der Waals surface area contributed by atoms with Gasteiger partial charge in [-0.25, -0.2) is 4.39 Å². The highest BCUT2D eigenvalue weighted by Gasteiger charge is 2.22. The van der Waals surface area contributed by atoms with Gasteiger partial charge in [0, 0.05) is 18.1 Å². The van der Waals surface area contributed by atoms with Crippen LogP contribution in [0.4, 0.5) is 4.39 Å². The first-order valence-electron chi connectivity index (χ1n) is 4.60. The number of aliphatic carboxylic acids is 1. The molecular formula is C10H11BrFNO4. The van der Waals surface area contributed by atoms with E-state index in [-0.39, 0.29) is 28.0 Å². The number of carboxylic acids is 1. The van der Waals surface area contributed by atoms with Gasteiger partial charge in [0.1, 0.15) is 11.9 Å². The predicted molar refractivity (Wildman–Crippen MR) is 61.6 cm³/mol. The molecule has 0 amide bonds. The van der Waals surface area contributed by atoms with Crippen LogP contribution in [0.2, 0.25) is 0 Å². The number of rotatable bonds is 4. The van der Waals surface area contributed by atoms with Gasteiger partial charge in [-0.3, -0.25) is 4.79 Å². The van der Waals surface area contributed by atoms with Gasteiger partial charge in [-0.2, -0.15) is 0 Å². The lowest BCUT2D eigenvalue weighted by Crippen LogP contribution is -2.32. The third-order valence-electron chi connectivity index (χ3n) is 2.19. The van der Waals surface area contributed by atoms with Crippen LogP contribution in [-0.2, 0) is 11.2 Å². The zero-order valence-corrected chi connectivity index (χ0v) is 10.5. The Bertz CT molecular complexity index is 452. The van der Waals surface area contributed by atoms with Gasteiger partial charge in [-0.05, 0) is 15.9 Å². The molecule has 0 saturated heterocycles. The molecule has 1 aromatic carbocycles. The zero-order valence-electron chi connectivity index (χ0n) is 8.91. The number of hydrogen-bond donors (Lipinski definition) is 3. The SMILES string of the molecule is COc1c(O)cc(Br)c(F)c1CC(N)C(=O)O. The highest BCUT2D eigenvalue weighted by molar-refractivity contribution is 9.10. The first kappa shape index (κ1) is 13.7. The van der Waals surface area contributed by atoms with Crippen molar-refractivity contribution >= 4 is 21.9 Å². The lowest BCUT2D eigenvalue weighted by molar-refractivity contribution is -0.138. The molecule has 0 fully saturated rings. The van der Waals surface area contributed by atoms with Crippen molar-refractivity contribution in [2.75, 3.05) is 7.11 Å². The normalized spacial score (nSPS) is 12.2. The Morgan fingerprint density at radius 3 is 2.76 bits per heavy atom. The van der Waals surface area contributed by atoms with Crippen molar-refractivity contribution in [3.8, 4) is 11.5 Å². The molecule has 0 radical (unpaired) electrons. The van der Waals surface area contributed by atoms with E-state index in [1.807, 2.05) is 0 Å². The topological polar surface area (TPSA) is 92.8 Å². The number of phenols is 1. The van der Waals surface area contributed by atoms with Crippen molar-refractivity contribution in [2.24, 2.45) is 5.73 Å². The van der Waals surface area contributed by atoms with Crippen LogP contribution in [0.3, 0.4) is 0 Å². The quantitative estimate of drug-likeness (QED) is 0.778. The van der Waals surface area contributed by atoms with Crippen molar-refractivity contribution < 1.29 is 24.1 Å². The van der Waals surface area contributed by atoms with Crippen molar-refractivity contribution in [1.82, 2.24) is 0 Å². The number of ether oxygens (including phenoxy) is 1. The second-order valence-corrected chi connectivity index (χ2v) is 4.21. The number of nitrogens with two attached hydrogens (primary N) is 1. The lowest BCUT2D eigenvalue weighted by Gasteiger charge is -2.14. The molecule has 94 valence electrons. The summed E-state index contributed by atoms with van der Waals surface area (Å²) in [5.41, 5.74) is 5.25. The number of phenolic OH excluding ortho intramolecular Hbond substituents is 1. The first-order valence-corrected chi connectivity index (χ1v) is 5.40. The minimum atomic E-state index is -1.27. The molecule has 1 unspecified atom stereocenters. The fourth-order valence-electron chi connectivity index (χ4n) is 1.36. The lowest BCUT2D eigenvalue weighted by atomic mass is 10.0. The molecule has 1 atom stereocenters. The van der Waals surface area contributed by atoms with Gasteiger partial charge in [0.25, 0.3) is 0 Å². The molecule has 0 spiro atoms. The van der Waals surface area contributed by atoms with E-state index in [9.17, 15) is 14.3 Å². The van der Waals surface area contributed by atoms with Gasteiger partial charge < -0.3 is 20.7 Å². The summed E-state index contributed by atoms with van der Waals surface area (Å²) in [6.07, 6.45) is -0.280. The van der Waals surface area contributed by atoms with Crippen LogP contribution in [0, 0.1) is 5.82 Å². The number of benzene rings is 1. The molecule has 0 aromatic heterocycles. The maximum absolute atomic E-state index is 13.8. The number of methoxy groups -OCH3 is 1. The average Bonchev–Trinajstić information content (AvgIpc) is 2.25. The van der Waals surface area contributed by atoms with E-state index in [1.165, 1.54) is 7.11 Å². The molecule has 1 rings (SSSR count). The van der Waals surface area contributed by atoms with Crippen LogP contribution in [0.5, 0.6) is 11.5 Å². The fraction of sp³-hybridized carbons (Fsp3) is 0.300. The molecule has 7 heteroatoms. The van der Waals surface area contributed by atoms with Crippen LogP contribution >= 0.6 is 15.9 Å². The standard InChI is InChI=1S/C10H11BrFNO4/c1-17-9-4(2-6(13)10(15)16)8(12)5(11)3-7(9)14/h3,6,14H,2,13H2,1H3,(H,15,16). The summed E-state index contributed by atoms with van der Waals surface area (Å²) >= 11 is 2.91. The van der Waals surface area contributed by atoms with Gasteiger partial charge in [0.15, 0.2) is 11.5 Å². The molecule has 0 bridgehead atoms. The highest BCUT2D eigenvalue weighted by Crippen LogP contribution is 2.37. The van der Waals surface area contributed by atoms with E-state index < -0.39 is 17.8 Å². The number of halogens is 2. The molecule has 4 N–H and O–H groups in total. The van der Waals surface area contributed by atoms with Crippen LogP contribution in [-0.4, -0.2) is 29.3 Å². The second kappa shape index (κ2) is 5.33. The van der Waals surface area contributed by atoms with Gasteiger partial charge in [0.2, 0.25) is 0 Å². The molecule has 5 nitrogen and oxygen atoms in total. The van der Waals surface area contributed by atoms with Crippen LogP contribution in [0.25, 0.3) is 0 Å². The Morgan fingerprint density at radius 1 is 1.71 bits per heavy atom. The van der Waals surface area contributed by atoms with E-state index in [1.54, 1.807) is 0 Å². The molecule has 17 heavy (non-hydrogen) atoms. The Labute approximate surface area is 105 Å². The van der Waals surface area contributed by atoms with Crippen LogP contribution in [0.1, 0.15) is 5.56 Å². The summed E-state index contributed by atoms with van der Waals surface area (Å²) < 4.78 is 18.6. The molecule has 0 aliphatic carbocycles. The number of hydrogen-bond acceptors (Lipinski definition) is 4. The van der Waals surface area contributed by atoms with E-state index in [0.717, 1.165) is 6.07 Å². The summed E-state index contributed by atoms with van der Waals surface area (Å²) in [6.45, 7) is 0. The van der Waals surface area contributed by atoms with E-state index in [0.29, 0.717) is 0 Å². The fourth-order valence-corrected chi connectivity index (χ4v) is 1.82. The highest BCUT2D eigenvalue weighted by atomic mass is 79.9. The van der Waals surface area contributed by atoms with E-state index >= 15 is 0 Å². The smallest absolute Gasteiger partial charge is 0.320 e. The Hall–Kier alpha value is -1.34. The largest absolute Gasteiger partial charge is 0.504 e. The number of carbonyl (C=O) groups is 1. The van der Waals surface area contributed by atoms with Gasteiger partial charge in [-0.1, -0.05) is 0 Å². The molecule has 0 aliphatic heterocycles. The summed E-state index contributed by atoms with van der Waals surface area (Å²) in [5, 5.41) is 18.2. The minimum absolute atomic E-state index is 0.0170. The van der Waals surface area contributed by atoms with Crippen molar-refractivity contribution in [3.05, 3.63) is 21.9 Å². The third-order valence-corrected chi connectivity index (χ3v) is 2.77. The Kier molecular flexibility index (Phi) is 4.30. The number of aromatic hydroxyl groups is 1. The zero-order chi connectivity index (χ0) is 13.2. The number of carboxylic acid groups (broad SMARTS) is 1. The Morgan fingerprint density at radius 2 is 2.29 bits per heavy atom. The van der Waals surface area contributed by atoms with Crippen molar-refractivity contribution in [2.45, 2.75) is 12.5 Å². The molecule has 0 heterocycles. The van der Waals surface area contributed by atoms with Gasteiger partial charge in [-0.15, -0.1) is 0 Å². The predicted octanol–water partition coefficient (Wildman–Crippen LogP) is 1.26. The summed E-state index contributed by atoms with van der Waals surface area (Å²) in [5.74, 6) is -2.35. The van der Waals surface area contributed by atoms with E-state index in [4.69, 9.17) is 15.6 Å². The summed E-state index contributed by atoms with van der Waals surface area (Å²) in [7, 11) is 1.25. The third kappa shape index (κ3) is 2.86. The maximum atomic E-state index is 13.8. The first-order chi connectivity index (χ1) is 7.88. The van der Waals surface area contributed by atoms with Crippen molar-refractivity contribution in [1.29, 1.82) is 0 Å². The summed E-state index contributed by atoms with van der Waals surface area (Å²) in [6, 6.07) is -0.142. The maximum Gasteiger partial charge on any atom is 0.320 e. The van der Waals surface area contributed by atoms with Crippen LogP contribution in [0.15, 0.2) is 10.5 Å². The van der Waals surface area contributed by atoms with Gasteiger partial charge in [0.05, 0.1) is 11.6 Å². The van der Waals surface area contributed by atoms with Crippen molar-refractivity contribution in [3.63, 3.8) is 0 Å². The molecule has 0 saturated carbocycles. The molecule has 1 aromatic rings. The van der Waals surface area contributed by atoms with E-state index in [2.05, 4.69) is 15.9 Å². The minimum Gasteiger partial charge on any atom is -0.504 e. The second-order valence-electron chi connectivity index (χ2n) is 3.35. The summed E-state index contributed by atoms with van der Waals surface area (Å²) in [4.78, 5) is 10.6. The van der Waals surface area contributed by atoms with Gasteiger partial charge >= 0.3 is 5.97 Å². The monoisotopic (exact) mass is 307 g/mol. The average molecular weight is 308 g/mol. The molecule has 0 aliphatic rings. The Balaban J connectivity index is 3.25. The molecular weight excluding hydrogens is 297 g/mol. The van der Waals surface area contributed by atoms with Crippen LogP contribution < -0.4 is 10.5 Å².